The smallest absolute Gasteiger partial charge is 0.340 e. The van der Waals surface area contributed by atoms with Crippen molar-refractivity contribution in [2.75, 3.05) is 6.61 Å². The van der Waals surface area contributed by atoms with Crippen molar-refractivity contribution in [2.24, 2.45) is 0 Å². The second-order valence-corrected chi connectivity index (χ2v) is 6.00. The van der Waals surface area contributed by atoms with Crippen LogP contribution in [-0.2, 0) is 17.6 Å². The molecule has 4 heteroatoms. The number of carbonyl (C=O) groups excluding carboxylic acids is 1. The SMILES string of the molecule is CCOC(=O)c1c(-c2ccc(C#N)cc2)nc2c(c1C)CCCC2. The van der Waals surface area contributed by atoms with Crippen LogP contribution in [0.4, 0.5) is 0 Å². The fraction of sp³-hybridized carbons (Fsp3) is 0.350. The number of nitrogens with zero attached hydrogens (tertiary/aromatic N) is 2. The van der Waals surface area contributed by atoms with Crippen molar-refractivity contribution in [2.45, 2.75) is 39.5 Å². The molecule has 1 aliphatic carbocycles. The molecule has 0 N–H and O–H groups in total. The number of esters is 1. The van der Waals surface area contributed by atoms with E-state index in [4.69, 9.17) is 15.0 Å². The summed E-state index contributed by atoms with van der Waals surface area (Å²) < 4.78 is 5.28. The van der Waals surface area contributed by atoms with Gasteiger partial charge in [0.2, 0.25) is 0 Å². The molecule has 0 unspecified atom stereocenters. The Bertz CT molecular complexity index is 817. The number of nitriles is 1. The first kappa shape index (κ1) is 16.2. The molecule has 3 rings (SSSR count). The predicted octanol–water partition coefficient (Wildman–Crippen LogP) is 3.98. The van der Waals surface area contributed by atoms with Crippen LogP contribution in [0.1, 0.15) is 52.5 Å². The van der Waals surface area contributed by atoms with Crippen LogP contribution in [0.2, 0.25) is 0 Å². The Labute approximate surface area is 142 Å². The summed E-state index contributed by atoms with van der Waals surface area (Å²) in [5.41, 5.74) is 5.92. The predicted molar refractivity (Wildman–Crippen MR) is 91.7 cm³/mol. The maximum absolute atomic E-state index is 12.6. The number of aromatic nitrogens is 1. The Kier molecular flexibility index (Phi) is 4.61. The molecular weight excluding hydrogens is 300 g/mol. The number of pyridine rings is 1. The summed E-state index contributed by atoms with van der Waals surface area (Å²) in [6, 6.07) is 9.31. The molecule has 0 bridgehead atoms. The van der Waals surface area contributed by atoms with E-state index in [2.05, 4.69) is 6.07 Å². The Morgan fingerprint density at radius 3 is 2.62 bits per heavy atom. The van der Waals surface area contributed by atoms with Crippen LogP contribution >= 0.6 is 0 Å². The van der Waals surface area contributed by atoms with Gasteiger partial charge in [0, 0.05) is 11.3 Å². The topological polar surface area (TPSA) is 63.0 Å². The number of carbonyl (C=O) groups is 1. The molecule has 24 heavy (non-hydrogen) atoms. The van der Waals surface area contributed by atoms with Crippen molar-refractivity contribution >= 4 is 5.97 Å². The molecule has 0 atom stereocenters. The van der Waals surface area contributed by atoms with Crippen LogP contribution in [0.15, 0.2) is 24.3 Å². The van der Waals surface area contributed by atoms with E-state index in [1.54, 1.807) is 19.1 Å². The summed E-state index contributed by atoms with van der Waals surface area (Å²) in [5.74, 6) is -0.324. The van der Waals surface area contributed by atoms with Crippen LogP contribution in [0.3, 0.4) is 0 Å². The summed E-state index contributed by atoms with van der Waals surface area (Å²) in [6.45, 7) is 4.13. The highest BCUT2D eigenvalue weighted by molar-refractivity contribution is 5.98. The lowest BCUT2D eigenvalue weighted by Crippen LogP contribution is -2.16. The molecule has 2 aromatic rings. The number of fused-ring (bicyclic) bond motifs is 1. The summed E-state index contributed by atoms with van der Waals surface area (Å²) in [5, 5.41) is 8.97. The molecule has 4 nitrogen and oxygen atoms in total. The van der Waals surface area contributed by atoms with Gasteiger partial charge < -0.3 is 4.74 Å². The molecule has 0 radical (unpaired) electrons. The van der Waals surface area contributed by atoms with Crippen molar-refractivity contribution in [3.63, 3.8) is 0 Å². The number of hydrogen-bond acceptors (Lipinski definition) is 4. The zero-order valence-corrected chi connectivity index (χ0v) is 14.1. The first-order valence-electron chi connectivity index (χ1n) is 8.35. The number of rotatable bonds is 3. The number of benzene rings is 1. The molecular formula is C20H20N2O2. The molecule has 1 aromatic heterocycles. The maximum Gasteiger partial charge on any atom is 0.340 e. The molecule has 1 heterocycles. The van der Waals surface area contributed by atoms with E-state index in [1.165, 1.54) is 5.56 Å². The summed E-state index contributed by atoms with van der Waals surface area (Å²) in [7, 11) is 0. The lowest BCUT2D eigenvalue weighted by Gasteiger charge is -2.22. The van der Waals surface area contributed by atoms with Gasteiger partial charge in [-0.25, -0.2) is 4.79 Å². The molecule has 0 aliphatic heterocycles. The van der Waals surface area contributed by atoms with Crippen LogP contribution in [-0.4, -0.2) is 17.6 Å². The van der Waals surface area contributed by atoms with Gasteiger partial charge in [0.05, 0.1) is 29.5 Å². The van der Waals surface area contributed by atoms with E-state index < -0.39 is 0 Å². The lowest BCUT2D eigenvalue weighted by atomic mass is 9.88. The van der Waals surface area contributed by atoms with E-state index in [-0.39, 0.29) is 5.97 Å². The minimum Gasteiger partial charge on any atom is -0.462 e. The van der Waals surface area contributed by atoms with E-state index in [9.17, 15) is 4.79 Å². The van der Waals surface area contributed by atoms with Gasteiger partial charge in [0.1, 0.15) is 0 Å². The average Bonchev–Trinajstić information content (AvgIpc) is 2.62. The van der Waals surface area contributed by atoms with Crippen molar-refractivity contribution < 1.29 is 9.53 Å². The Morgan fingerprint density at radius 2 is 1.96 bits per heavy atom. The molecule has 1 aliphatic rings. The van der Waals surface area contributed by atoms with Gasteiger partial charge in [-0.05, 0) is 62.8 Å². The summed E-state index contributed by atoms with van der Waals surface area (Å²) >= 11 is 0. The van der Waals surface area contributed by atoms with E-state index in [0.717, 1.165) is 42.5 Å². The van der Waals surface area contributed by atoms with Crippen LogP contribution < -0.4 is 0 Å². The fourth-order valence-corrected chi connectivity index (χ4v) is 3.30. The Balaban J connectivity index is 2.20. The first-order valence-corrected chi connectivity index (χ1v) is 8.35. The van der Waals surface area contributed by atoms with E-state index in [0.29, 0.717) is 23.4 Å². The Hall–Kier alpha value is -2.67. The van der Waals surface area contributed by atoms with Crippen molar-refractivity contribution in [1.82, 2.24) is 4.98 Å². The molecule has 0 amide bonds. The third kappa shape index (κ3) is 2.90. The maximum atomic E-state index is 12.6. The van der Waals surface area contributed by atoms with Crippen molar-refractivity contribution in [1.29, 1.82) is 5.26 Å². The van der Waals surface area contributed by atoms with E-state index in [1.807, 2.05) is 19.1 Å². The minimum absolute atomic E-state index is 0.324. The number of ether oxygens (including phenoxy) is 1. The van der Waals surface area contributed by atoms with Gasteiger partial charge in [0.15, 0.2) is 0 Å². The minimum atomic E-state index is -0.324. The monoisotopic (exact) mass is 320 g/mol. The van der Waals surface area contributed by atoms with Crippen molar-refractivity contribution in [3.05, 3.63) is 52.2 Å². The molecule has 0 saturated carbocycles. The standard InChI is InChI=1S/C20H20N2O2/c1-3-24-20(23)18-13(2)16-6-4-5-7-17(16)22-19(18)15-10-8-14(12-21)9-11-15/h8-11H,3-7H2,1-2H3. The van der Waals surface area contributed by atoms with Crippen LogP contribution in [0, 0.1) is 18.3 Å². The summed E-state index contributed by atoms with van der Waals surface area (Å²) in [4.78, 5) is 17.4. The van der Waals surface area contributed by atoms with Crippen molar-refractivity contribution in [3.8, 4) is 17.3 Å². The second-order valence-electron chi connectivity index (χ2n) is 6.00. The lowest BCUT2D eigenvalue weighted by molar-refractivity contribution is 0.0526. The second kappa shape index (κ2) is 6.84. The average molecular weight is 320 g/mol. The Morgan fingerprint density at radius 1 is 1.25 bits per heavy atom. The van der Waals surface area contributed by atoms with Gasteiger partial charge in [-0.1, -0.05) is 12.1 Å². The summed E-state index contributed by atoms with van der Waals surface area (Å²) in [6.07, 6.45) is 4.18. The van der Waals surface area contributed by atoms with Gasteiger partial charge in [-0.3, -0.25) is 4.98 Å². The largest absolute Gasteiger partial charge is 0.462 e. The zero-order chi connectivity index (χ0) is 17.1. The molecule has 122 valence electrons. The van der Waals surface area contributed by atoms with Gasteiger partial charge in [0.25, 0.3) is 0 Å². The highest BCUT2D eigenvalue weighted by atomic mass is 16.5. The molecule has 0 spiro atoms. The van der Waals surface area contributed by atoms with Gasteiger partial charge in [-0.15, -0.1) is 0 Å². The molecule has 0 fully saturated rings. The van der Waals surface area contributed by atoms with Gasteiger partial charge >= 0.3 is 5.97 Å². The quantitative estimate of drug-likeness (QED) is 0.802. The number of aryl methyl sites for hydroxylation is 1. The van der Waals surface area contributed by atoms with Gasteiger partial charge in [-0.2, -0.15) is 5.26 Å². The number of hydrogen-bond donors (Lipinski definition) is 0. The third-order valence-corrected chi connectivity index (χ3v) is 4.52. The first-order chi connectivity index (χ1) is 11.7. The van der Waals surface area contributed by atoms with E-state index >= 15 is 0 Å². The fourth-order valence-electron chi connectivity index (χ4n) is 3.30. The van der Waals surface area contributed by atoms with Crippen LogP contribution in [0.5, 0.6) is 0 Å². The normalized spacial score (nSPS) is 13.0. The van der Waals surface area contributed by atoms with Crippen LogP contribution in [0.25, 0.3) is 11.3 Å². The molecule has 1 aromatic carbocycles. The molecule has 0 saturated heterocycles. The zero-order valence-electron chi connectivity index (χ0n) is 14.1. The highest BCUT2D eigenvalue weighted by Gasteiger charge is 2.25. The third-order valence-electron chi connectivity index (χ3n) is 4.52. The highest BCUT2D eigenvalue weighted by Crippen LogP contribution is 2.32.